The molecule has 1 fully saturated rings. The van der Waals surface area contributed by atoms with Crippen LogP contribution in [0, 0.1) is 0 Å². The third kappa shape index (κ3) is 6.17. The number of hydrogen-bond donors (Lipinski definition) is 0. The molecule has 7 nitrogen and oxygen atoms in total. The normalized spacial score (nSPS) is 14.9. The maximum absolute atomic E-state index is 12.8. The first-order valence-electron chi connectivity index (χ1n) is 11.7. The van der Waals surface area contributed by atoms with Gasteiger partial charge in [0.25, 0.3) is 0 Å². The van der Waals surface area contributed by atoms with E-state index in [9.17, 15) is 18.0 Å². The number of alkyl halides is 3. The van der Waals surface area contributed by atoms with Gasteiger partial charge in [0.15, 0.2) is 0 Å². The molecule has 2 aromatic heterocycles. The van der Waals surface area contributed by atoms with Crippen molar-refractivity contribution in [2.24, 2.45) is 0 Å². The average molecular weight is 488 g/mol. The summed E-state index contributed by atoms with van der Waals surface area (Å²) in [6.45, 7) is 6.43. The Bertz CT molecular complexity index is 1130. The largest absolute Gasteiger partial charge is 0.417 e. The van der Waals surface area contributed by atoms with Crippen molar-refractivity contribution in [2.75, 3.05) is 31.1 Å². The molecule has 0 atom stereocenters. The van der Waals surface area contributed by atoms with Crippen LogP contribution in [0.3, 0.4) is 0 Å². The van der Waals surface area contributed by atoms with Gasteiger partial charge in [-0.05, 0) is 30.0 Å². The van der Waals surface area contributed by atoms with Crippen molar-refractivity contribution in [3.05, 3.63) is 59.6 Å². The second-order valence-electron chi connectivity index (χ2n) is 8.91. The van der Waals surface area contributed by atoms with Crippen molar-refractivity contribution in [1.82, 2.24) is 20.0 Å². The highest BCUT2D eigenvalue weighted by Gasteiger charge is 2.31. The summed E-state index contributed by atoms with van der Waals surface area (Å²) in [6.07, 6.45) is -2.28. The van der Waals surface area contributed by atoms with Gasteiger partial charge in [-0.3, -0.25) is 4.79 Å². The summed E-state index contributed by atoms with van der Waals surface area (Å²) in [7, 11) is 0. The zero-order valence-electron chi connectivity index (χ0n) is 19.8. The molecule has 0 radical (unpaired) electrons. The van der Waals surface area contributed by atoms with E-state index in [0.717, 1.165) is 17.8 Å². The molecule has 0 saturated carbocycles. The van der Waals surface area contributed by atoms with Crippen LogP contribution in [0.25, 0.3) is 11.4 Å². The first kappa shape index (κ1) is 24.7. The monoisotopic (exact) mass is 487 g/mol. The van der Waals surface area contributed by atoms with Crippen molar-refractivity contribution < 1.29 is 22.5 Å². The van der Waals surface area contributed by atoms with Crippen molar-refractivity contribution >= 4 is 11.7 Å². The molecule has 1 saturated heterocycles. The number of pyridine rings is 1. The molecule has 1 aromatic carbocycles. The fourth-order valence-corrected chi connectivity index (χ4v) is 4.00. The van der Waals surface area contributed by atoms with Gasteiger partial charge in [-0.2, -0.15) is 18.2 Å². The van der Waals surface area contributed by atoms with Crippen LogP contribution < -0.4 is 4.90 Å². The highest BCUT2D eigenvalue weighted by molar-refractivity contribution is 5.76. The Balaban J connectivity index is 1.29. The summed E-state index contributed by atoms with van der Waals surface area (Å²) >= 11 is 0. The molecule has 0 unspecified atom stereocenters. The van der Waals surface area contributed by atoms with E-state index in [-0.39, 0.29) is 12.3 Å². The van der Waals surface area contributed by atoms with Gasteiger partial charge in [0.05, 0.1) is 5.56 Å². The Morgan fingerprint density at radius 2 is 1.83 bits per heavy atom. The first-order valence-corrected chi connectivity index (χ1v) is 11.7. The van der Waals surface area contributed by atoms with E-state index in [0.29, 0.717) is 62.5 Å². The molecule has 0 N–H and O–H groups in total. The molecule has 3 aromatic rings. The zero-order valence-corrected chi connectivity index (χ0v) is 19.8. The van der Waals surface area contributed by atoms with Crippen molar-refractivity contribution in [1.29, 1.82) is 0 Å². The Kier molecular flexibility index (Phi) is 7.37. The van der Waals surface area contributed by atoms with Crippen molar-refractivity contribution in [3.8, 4) is 11.4 Å². The summed E-state index contributed by atoms with van der Waals surface area (Å²) in [5.41, 5.74) is 1.32. The Morgan fingerprint density at radius 3 is 2.49 bits per heavy atom. The topological polar surface area (TPSA) is 75.4 Å². The van der Waals surface area contributed by atoms with E-state index < -0.39 is 11.7 Å². The lowest BCUT2D eigenvalue weighted by Gasteiger charge is -2.23. The number of amides is 1. The molecule has 0 spiro atoms. The molecular weight excluding hydrogens is 459 g/mol. The second-order valence-corrected chi connectivity index (χ2v) is 8.91. The molecule has 4 rings (SSSR count). The number of carbonyl (C=O) groups excluding carboxylic acids is 1. The maximum Gasteiger partial charge on any atom is 0.417 e. The SMILES string of the molecule is CC(C)c1ccc(-c2noc(CCC(=O)N3CCCN(c4ccc(C(F)(F)F)cn4)CC3)n2)cc1. The predicted molar refractivity (Wildman–Crippen MR) is 125 cm³/mol. The lowest BCUT2D eigenvalue weighted by molar-refractivity contribution is -0.137. The zero-order chi connectivity index (χ0) is 25.0. The molecule has 35 heavy (non-hydrogen) atoms. The van der Waals surface area contributed by atoms with E-state index >= 15 is 0 Å². The number of aromatic nitrogens is 3. The van der Waals surface area contributed by atoms with Gasteiger partial charge < -0.3 is 14.3 Å². The maximum atomic E-state index is 12.8. The number of rotatable bonds is 6. The Labute approximate surface area is 202 Å². The van der Waals surface area contributed by atoms with Gasteiger partial charge in [0, 0.05) is 50.8 Å². The summed E-state index contributed by atoms with van der Waals surface area (Å²) in [4.78, 5) is 24.8. The molecule has 10 heteroatoms. The smallest absolute Gasteiger partial charge is 0.355 e. The third-order valence-electron chi connectivity index (χ3n) is 6.10. The van der Waals surface area contributed by atoms with Crippen LogP contribution in [0.4, 0.5) is 19.0 Å². The van der Waals surface area contributed by atoms with Gasteiger partial charge in [-0.1, -0.05) is 43.3 Å². The van der Waals surface area contributed by atoms with E-state index in [4.69, 9.17) is 4.52 Å². The lowest BCUT2D eigenvalue weighted by Crippen LogP contribution is -2.35. The standard InChI is InChI=1S/C25H28F3N5O2/c1-17(2)18-4-6-19(7-5-18)24-30-22(35-31-24)10-11-23(34)33-13-3-12-32(14-15-33)21-9-8-20(16-29-21)25(26,27)28/h4-9,16-17H,3,10-15H2,1-2H3. The minimum atomic E-state index is -4.41. The number of anilines is 1. The number of halogens is 3. The summed E-state index contributed by atoms with van der Waals surface area (Å²) in [6, 6.07) is 10.4. The Morgan fingerprint density at radius 1 is 1.06 bits per heavy atom. The minimum Gasteiger partial charge on any atom is -0.355 e. The predicted octanol–water partition coefficient (Wildman–Crippen LogP) is 4.95. The molecular formula is C25H28F3N5O2. The van der Waals surface area contributed by atoms with E-state index in [2.05, 4.69) is 29.0 Å². The first-order chi connectivity index (χ1) is 16.7. The highest BCUT2D eigenvalue weighted by Crippen LogP contribution is 2.29. The number of nitrogens with zero attached hydrogens (tertiary/aromatic N) is 5. The van der Waals surface area contributed by atoms with Crippen LogP contribution in [-0.2, 0) is 17.4 Å². The minimum absolute atomic E-state index is 0.0201. The Hall–Kier alpha value is -3.43. The number of hydrogen-bond acceptors (Lipinski definition) is 6. The van der Waals surface area contributed by atoms with Crippen LogP contribution in [0.1, 0.15) is 49.6 Å². The van der Waals surface area contributed by atoms with Gasteiger partial charge in [-0.25, -0.2) is 4.98 Å². The molecule has 0 bridgehead atoms. The quantitative estimate of drug-likeness (QED) is 0.490. The van der Waals surface area contributed by atoms with Gasteiger partial charge in [0.1, 0.15) is 5.82 Å². The fourth-order valence-electron chi connectivity index (χ4n) is 4.00. The third-order valence-corrected chi connectivity index (χ3v) is 6.10. The van der Waals surface area contributed by atoms with Gasteiger partial charge >= 0.3 is 6.18 Å². The van der Waals surface area contributed by atoms with Gasteiger partial charge in [-0.15, -0.1) is 0 Å². The number of benzene rings is 1. The van der Waals surface area contributed by atoms with Crippen LogP contribution in [0.15, 0.2) is 47.1 Å². The number of aryl methyl sites for hydroxylation is 1. The van der Waals surface area contributed by atoms with E-state index in [1.165, 1.54) is 11.6 Å². The van der Waals surface area contributed by atoms with Crippen LogP contribution in [-0.4, -0.2) is 52.1 Å². The number of carbonyl (C=O) groups is 1. The van der Waals surface area contributed by atoms with E-state index in [1.54, 1.807) is 4.90 Å². The summed E-state index contributed by atoms with van der Waals surface area (Å²) < 4.78 is 43.7. The molecule has 186 valence electrons. The van der Waals surface area contributed by atoms with Crippen LogP contribution in [0.5, 0.6) is 0 Å². The van der Waals surface area contributed by atoms with E-state index in [1.807, 2.05) is 29.2 Å². The molecule has 1 aliphatic rings. The second kappa shape index (κ2) is 10.5. The van der Waals surface area contributed by atoms with Gasteiger partial charge in [0.2, 0.25) is 17.6 Å². The van der Waals surface area contributed by atoms with Crippen molar-refractivity contribution in [3.63, 3.8) is 0 Å². The fraction of sp³-hybridized carbons (Fsp3) is 0.440. The molecule has 3 heterocycles. The molecule has 1 amide bonds. The van der Waals surface area contributed by atoms with Crippen LogP contribution in [0.2, 0.25) is 0 Å². The average Bonchev–Trinajstić information content (AvgIpc) is 3.18. The highest BCUT2D eigenvalue weighted by atomic mass is 19.4. The molecule has 0 aliphatic carbocycles. The van der Waals surface area contributed by atoms with Crippen molar-refractivity contribution in [2.45, 2.75) is 45.2 Å². The molecule has 1 aliphatic heterocycles. The lowest BCUT2D eigenvalue weighted by atomic mass is 10.0. The summed E-state index contributed by atoms with van der Waals surface area (Å²) in [5, 5.41) is 4.04. The summed E-state index contributed by atoms with van der Waals surface area (Å²) in [5.74, 6) is 1.80. The van der Waals surface area contributed by atoms with Crippen LogP contribution >= 0.6 is 0 Å².